The summed E-state index contributed by atoms with van der Waals surface area (Å²) in [4.78, 5) is 19.3. The fraction of sp³-hybridized carbons (Fsp3) is 0.306. The normalized spacial score (nSPS) is 22.7. The third-order valence-electron chi connectivity index (χ3n) is 7.57. The Kier molecular flexibility index (Phi) is 12.3. The average molecular weight is 646 g/mol. The fourth-order valence-corrected chi connectivity index (χ4v) is 7.35. The molecule has 4 aromatic rings. The van der Waals surface area contributed by atoms with E-state index in [9.17, 15) is 9.36 Å². The van der Waals surface area contributed by atoms with Crippen LogP contribution in [0.3, 0.4) is 0 Å². The van der Waals surface area contributed by atoms with Gasteiger partial charge in [-0.25, -0.2) is 5.06 Å². The first-order valence-electron chi connectivity index (χ1n) is 15.2. The van der Waals surface area contributed by atoms with E-state index in [0.717, 1.165) is 27.3 Å². The number of nitrogens with zero attached hydrogens (tertiary/aromatic N) is 1. The summed E-state index contributed by atoms with van der Waals surface area (Å²) in [6, 6.07) is 38.4. The number of rotatable bonds is 15. The van der Waals surface area contributed by atoms with Gasteiger partial charge in [-0.2, -0.15) is 0 Å². The Bertz CT molecular complexity index is 1530. The number of carbonyl (C=O) groups is 1. The van der Waals surface area contributed by atoms with Gasteiger partial charge in [0.05, 0.1) is 26.4 Å². The second kappa shape index (κ2) is 16.8. The quantitative estimate of drug-likeness (QED) is 0.102. The van der Waals surface area contributed by atoms with Gasteiger partial charge in [0.15, 0.2) is 5.78 Å². The van der Waals surface area contributed by atoms with Crippen LogP contribution in [0.5, 0.6) is 0 Å². The highest BCUT2D eigenvalue weighted by molar-refractivity contribution is 7.54. The van der Waals surface area contributed by atoms with E-state index >= 15 is 0 Å². The molecule has 0 radical (unpaired) electrons. The van der Waals surface area contributed by atoms with Crippen LogP contribution in [0.25, 0.3) is 0 Å². The molecule has 46 heavy (non-hydrogen) atoms. The van der Waals surface area contributed by atoms with Crippen LogP contribution in [0.15, 0.2) is 121 Å². The van der Waals surface area contributed by atoms with Gasteiger partial charge in [-0.3, -0.25) is 18.7 Å². The van der Waals surface area contributed by atoms with Gasteiger partial charge in [-0.1, -0.05) is 121 Å². The van der Waals surface area contributed by atoms with Crippen LogP contribution >= 0.6 is 7.60 Å². The highest BCUT2D eigenvalue weighted by Gasteiger charge is 2.58. The maximum Gasteiger partial charge on any atom is 0.358 e. The van der Waals surface area contributed by atoms with Crippen LogP contribution in [0.4, 0.5) is 0 Å². The number of hydrogen-bond donors (Lipinski definition) is 0. The van der Waals surface area contributed by atoms with Gasteiger partial charge >= 0.3 is 7.60 Å². The molecule has 1 fully saturated rings. The molecule has 10 heteroatoms. The van der Waals surface area contributed by atoms with E-state index in [1.807, 2.05) is 121 Å². The van der Waals surface area contributed by atoms with E-state index in [0.29, 0.717) is 6.61 Å². The van der Waals surface area contributed by atoms with Crippen LogP contribution in [0.2, 0.25) is 0 Å². The Morgan fingerprint density at radius 2 is 1.11 bits per heavy atom. The van der Waals surface area contributed by atoms with Gasteiger partial charge in [0.2, 0.25) is 5.91 Å². The third-order valence-corrected chi connectivity index (χ3v) is 9.80. The van der Waals surface area contributed by atoms with Crippen LogP contribution in [0.1, 0.15) is 29.2 Å². The minimum absolute atomic E-state index is 0.0323. The Morgan fingerprint density at radius 1 is 0.674 bits per heavy atom. The molecule has 242 valence electrons. The number of hydrogen-bond acceptors (Lipinski definition) is 8. The highest BCUT2D eigenvalue weighted by Crippen LogP contribution is 2.60. The summed E-state index contributed by atoms with van der Waals surface area (Å²) in [5.74, 6) is -1.77. The third kappa shape index (κ3) is 8.99. The fourth-order valence-electron chi connectivity index (χ4n) is 5.27. The number of amides is 1. The van der Waals surface area contributed by atoms with Crippen molar-refractivity contribution in [3.05, 3.63) is 144 Å². The summed E-state index contributed by atoms with van der Waals surface area (Å²) in [5.41, 5.74) is 3.61. The Hall–Kier alpha value is -3.66. The Balaban J connectivity index is 1.49. The van der Waals surface area contributed by atoms with Gasteiger partial charge in [0.1, 0.15) is 24.9 Å². The summed E-state index contributed by atoms with van der Waals surface area (Å²) in [6.07, 6.45) is -2.68. The highest BCUT2D eigenvalue weighted by atomic mass is 31.2. The minimum Gasteiger partial charge on any atom is -0.374 e. The summed E-state index contributed by atoms with van der Waals surface area (Å²) in [5, 5.41) is 1.06. The molecule has 0 aromatic heterocycles. The molecule has 4 aromatic carbocycles. The zero-order valence-corrected chi connectivity index (χ0v) is 26.9. The van der Waals surface area contributed by atoms with Crippen molar-refractivity contribution in [2.45, 2.75) is 57.4 Å². The molecular weight excluding hydrogens is 605 g/mol. The second-order valence-electron chi connectivity index (χ2n) is 10.9. The van der Waals surface area contributed by atoms with Crippen molar-refractivity contribution in [2.75, 3.05) is 13.7 Å². The topological polar surface area (TPSA) is 92.8 Å². The van der Waals surface area contributed by atoms with Gasteiger partial charge in [0.25, 0.3) is 0 Å². The van der Waals surface area contributed by atoms with Crippen LogP contribution in [0, 0.1) is 0 Å². The molecule has 1 aliphatic heterocycles. The van der Waals surface area contributed by atoms with Gasteiger partial charge in [-0.15, -0.1) is 0 Å². The van der Waals surface area contributed by atoms with Crippen molar-refractivity contribution in [3.8, 4) is 0 Å². The molecule has 0 saturated carbocycles. The first-order valence-corrected chi connectivity index (χ1v) is 16.8. The maximum absolute atomic E-state index is 14.7. The van der Waals surface area contributed by atoms with Crippen molar-refractivity contribution < 1.29 is 37.5 Å². The van der Waals surface area contributed by atoms with Gasteiger partial charge < -0.3 is 18.7 Å². The lowest BCUT2D eigenvalue weighted by Crippen LogP contribution is -2.60. The number of benzene rings is 4. The van der Waals surface area contributed by atoms with E-state index in [1.165, 1.54) is 14.0 Å². The molecule has 1 heterocycles. The van der Waals surface area contributed by atoms with Crippen molar-refractivity contribution in [2.24, 2.45) is 0 Å². The molecule has 9 nitrogen and oxygen atoms in total. The number of ether oxygens (including phenoxy) is 3. The Labute approximate surface area is 270 Å². The summed E-state index contributed by atoms with van der Waals surface area (Å²) in [6.45, 7) is 2.09. The molecule has 1 amide bonds. The number of carbonyl (C=O) groups excluding carboxylic acids is 1. The van der Waals surface area contributed by atoms with Crippen molar-refractivity contribution in [3.63, 3.8) is 0 Å². The standard InChI is InChI=1S/C36H40NO8P/c1-28(38)37(44-26-32-21-13-6-14-22-32)36-35(43-25-31-19-11-5-12-20-31)34(42-24-30-17-9-4-10-18-30)33(45-46(36,39)40-2)27-41-23-29-15-7-3-8-16-29/h3-22,33-36H,23-27H2,1-2H3/t33-,34-,35+,36+,46?/m1/s1. The summed E-state index contributed by atoms with van der Waals surface area (Å²) in [7, 11) is -2.82. The largest absolute Gasteiger partial charge is 0.374 e. The van der Waals surface area contributed by atoms with E-state index < -0.39 is 37.6 Å². The molecule has 1 unspecified atom stereocenters. The van der Waals surface area contributed by atoms with Crippen LogP contribution < -0.4 is 0 Å². The molecule has 0 aliphatic carbocycles. The molecule has 1 saturated heterocycles. The Morgan fingerprint density at radius 3 is 1.57 bits per heavy atom. The molecule has 0 spiro atoms. The summed E-state index contributed by atoms with van der Waals surface area (Å²) >= 11 is 0. The predicted octanol–water partition coefficient (Wildman–Crippen LogP) is 6.92. The second-order valence-corrected chi connectivity index (χ2v) is 13.1. The summed E-state index contributed by atoms with van der Waals surface area (Å²) < 4.78 is 45.8. The van der Waals surface area contributed by atoms with E-state index in [1.54, 1.807) is 0 Å². The molecule has 5 rings (SSSR count). The lowest BCUT2D eigenvalue weighted by molar-refractivity contribution is -0.236. The van der Waals surface area contributed by atoms with Crippen molar-refractivity contribution >= 4 is 13.5 Å². The van der Waals surface area contributed by atoms with Crippen molar-refractivity contribution in [1.82, 2.24) is 5.06 Å². The SMILES string of the molecule is COP1(=O)O[C@H](COCc2ccccc2)[C@@H](OCc2ccccc2)[C@H](OCc2ccccc2)[C@H]1N(OCc1ccccc1)C(C)=O. The van der Waals surface area contributed by atoms with Gasteiger partial charge in [0, 0.05) is 14.0 Å². The zero-order chi connectivity index (χ0) is 32.2. The van der Waals surface area contributed by atoms with Crippen LogP contribution in [-0.2, 0) is 63.9 Å². The first kappa shape index (κ1) is 33.7. The molecule has 5 atom stereocenters. The molecule has 0 N–H and O–H groups in total. The minimum atomic E-state index is -4.12. The van der Waals surface area contributed by atoms with Crippen molar-refractivity contribution in [1.29, 1.82) is 0 Å². The van der Waals surface area contributed by atoms with Gasteiger partial charge in [-0.05, 0) is 22.3 Å². The zero-order valence-electron chi connectivity index (χ0n) is 26.1. The number of hydroxylamine groups is 2. The lowest BCUT2D eigenvalue weighted by Gasteiger charge is -2.47. The molecule has 0 bridgehead atoms. The molecule has 1 aliphatic rings. The molecular formula is C36H40NO8P. The maximum atomic E-state index is 14.7. The predicted molar refractivity (Wildman–Crippen MR) is 173 cm³/mol. The smallest absolute Gasteiger partial charge is 0.358 e. The lowest BCUT2D eigenvalue weighted by atomic mass is 10.1. The average Bonchev–Trinajstić information content (AvgIpc) is 3.09. The van der Waals surface area contributed by atoms with E-state index in [4.69, 9.17) is 28.1 Å². The van der Waals surface area contributed by atoms with E-state index in [2.05, 4.69) is 0 Å². The van der Waals surface area contributed by atoms with Crippen LogP contribution in [-0.4, -0.2) is 48.8 Å². The first-order chi connectivity index (χ1) is 22.5. The van der Waals surface area contributed by atoms with E-state index in [-0.39, 0.29) is 26.4 Å². The monoisotopic (exact) mass is 645 g/mol.